The third-order valence-electron chi connectivity index (χ3n) is 6.72. The Hall–Kier alpha value is -4.16. The summed E-state index contributed by atoms with van der Waals surface area (Å²) in [5.41, 5.74) is 2.55. The van der Waals surface area contributed by atoms with Crippen molar-refractivity contribution < 1.29 is 0 Å². The number of fused-ring (bicyclic) bond motifs is 5. The van der Waals surface area contributed by atoms with Crippen molar-refractivity contribution in [1.82, 2.24) is 0 Å². The number of hydrogen-bond acceptors (Lipinski definition) is 0. The lowest BCUT2D eigenvalue weighted by Crippen LogP contribution is -1.84. The molecule has 0 heteroatoms. The first-order valence-electron chi connectivity index (χ1n) is 11.1. The summed E-state index contributed by atoms with van der Waals surface area (Å²) in [5, 5.41) is 12.9. The van der Waals surface area contributed by atoms with Gasteiger partial charge in [-0.2, -0.15) is 0 Å². The van der Waals surface area contributed by atoms with Crippen molar-refractivity contribution in [2.24, 2.45) is 0 Å². The molecule has 7 rings (SSSR count). The van der Waals surface area contributed by atoms with Gasteiger partial charge in [-0.25, -0.2) is 0 Å². The quantitative estimate of drug-likeness (QED) is 0.239. The normalized spacial score (nSPS) is 11.8. The molecule has 7 aromatic carbocycles. The maximum Gasteiger partial charge on any atom is -0.0105 e. The second kappa shape index (κ2) is 6.67. The predicted molar refractivity (Wildman–Crippen MR) is 139 cm³/mol. The summed E-state index contributed by atoms with van der Waals surface area (Å²) in [5.74, 6) is 0. The molecule has 0 amide bonds. The summed E-state index contributed by atoms with van der Waals surface area (Å²) < 4.78 is 0. The highest BCUT2D eigenvalue weighted by molar-refractivity contribution is 6.09. The molecule has 7 aromatic rings. The Balaban J connectivity index is 1.46. The van der Waals surface area contributed by atoms with E-state index in [0.29, 0.717) is 0 Å². The second-order valence-corrected chi connectivity index (χ2v) is 8.69. The highest BCUT2D eigenvalue weighted by Gasteiger charge is 2.07. The zero-order valence-electron chi connectivity index (χ0n) is 17.5. The van der Waals surface area contributed by atoms with Gasteiger partial charge in [0.15, 0.2) is 0 Å². The average Bonchev–Trinajstić information content (AvgIpc) is 2.84. The van der Waals surface area contributed by atoms with E-state index in [1.807, 2.05) is 0 Å². The standard InChI is InChI=1S/C32H20/c1-2-8-23-15-28-20-30-18-26-17-25(32-11-5-9-21-6-3-4-10-31(21)32)13-12-24(26)16-29(30)19-27(28)14-22(23)7-1/h1-20H. The van der Waals surface area contributed by atoms with Crippen LogP contribution in [0.25, 0.3) is 65.0 Å². The molecule has 32 heavy (non-hydrogen) atoms. The molecule has 0 saturated heterocycles. The highest BCUT2D eigenvalue weighted by atomic mass is 14.1. The van der Waals surface area contributed by atoms with Crippen molar-refractivity contribution in [3.8, 4) is 11.1 Å². The zero-order chi connectivity index (χ0) is 21.1. The van der Waals surface area contributed by atoms with Gasteiger partial charge in [-0.15, -0.1) is 0 Å². The largest absolute Gasteiger partial charge is 0.0616 e. The molecule has 0 unspecified atom stereocenters. The lowest BCUT2D eigenvalue weighted by Gasteiger charge is -2.10. The zero-order valence-corrected chi connectivity index (χ0v) is 17.5. The van der Waals surface area contributed by atoms with Crippen molar-refractivity contribution >= 4 is 53.9 Å². The third kappa shape index (κ3) is 2.70. The minimum absolute atomic E-state index is 1.26. The van der Waals surface area contributed by atoms with E-state index in [9.17, 15) is 0 Å². The molecular formula is C32H20. The molecule has 0 atom stereocenters. The molecule has 0 spiro atoms. The van der Waals surface area contributed by atoms with Gasteiger partial charge in [0.1, 0.15) is 0 Å². The fraction of sp³-hybridized carbons (Fsp3) is 0. The van der Waals surface area contributed by atoms with Crippen LogP contribution in [0.3, 0.4) is 0 Å². The molecule has 0 aromatic heterocycles. The second-order valence-electron chi connectivity index (χ2n) is 8.69. The van der Waals surface area contributed by atoms with E-state index in [4.69, 9.17) is 0 Å². The summed E-state index contributed by atoms with van der Waals surface area (Å²) in [6, 6.07) is 44.6. The van der Waals surface area contributed by atoms with Crippen LogP contribution in [0.1, 0.15) is 0 Å². The molecule has 0 radical (unpaired) electrons. The van der Waals surface area contributed by atoms with Gasteiger partial charge in [-0.05, 0) is 107 Å². The molecule has 0 fully saturated rings. The van der Waals surface area contributed by atoms with Gasteiger partial charge >= 0.3 is 0 Å². The molecule has 0 aliphatic carbocycles. The number of benzene rings is 7. The first-order valence-corrected chi connectivity index (χ1v) is 11.1. The molecule has 0 nitrogen and oxygen atoms in total. The monoisotopic (exact) mass is 404 g/mol. The lowest BCUT2D eigenvalue weighted by atomic mass is 9.94. The van der Waals surface area contributed by atoms with Crippen LogP contribution >= 0.6 is 0 Å². The van der Waals surface area contributed by atoms with E-state index in [-0.39, 0.29) is 0 Å². The first-order chi connectivity index (χ1) is 15.8. The van der Waals surface area contributed by atoms with Crippen LogP contribution < -0.4 is 0 Å². The minimum atomic E-state index is 1.26. The lowest BCUT2D eigenvalue weighted by molar-refractivity contribution is 1.69. The van der Waals surface area contributed by atoms with Gasteiger partial charge in [-0.3, -0.25) is 0 Å². The van der Waals surface area contributed by atoms with Crippen LogP contribution in [0.15, 0.2) is 121 Å². The number of hydrogen-bond donors (Lipinski definition) is 0. The van der Waals surface area contributed by atoms with Gasteiger partial charge in [0.2, 0.25) is 0 Å². The third-order valence-corrected chi connectivity index (χ3v) is 6.72. The van der Waals surface area contributed by atoms with Crippen molar-refractivity contribution in [2.75, 3.05) is 0 Å². The van der Waals surface area contributed by atoms with Crippen molar-refractivity contribution in [1.29, 1.82) is 0 Å². The maximum absolute atomic E-state index is 2.34. The van der Waals surface area contributed by atoms with Crippen molar-refractivity contribution in [3.63, 3.8) is 0 Å². The average molecular weight is 405 g/mol. The highest BCUT2D eigenvalue weighted by Crippen LogP contribution is 2.34. The van der Waals surface area contributed by atoms with E-state index < -0.39 is 0 Å². The summed E-state index contributed by atoms with van der Waals surface area (Å²) >= 11 is 0. The molecular weight excluding hydrogens is 384 g/mol. The number of rotatable bonds is 1. The predicted octanol–water partition coefficient (Wildman–Crippen LogP) is 9.12. The van der Waals surface area contributed by atoms with E-state index in [1.54, 1.807) is 0 Å². The van der Waals surface area contributed by atoms with Crippen LogP contribution in [0.4, 0.5) is 0 Å². The molecule has 148 valence electrons. The molecule has 0 heterocycles. The van der Waals surface area contributed by atoms with Gasteiger partial charge < -0.3 is 0 Å². The van der Waals surface area contributed by atoms with Gasteiger partial charge in [-0.1, -0.05) is 78.9 Å². The van der Waals surface area contributed by atoms with Crippen LogP contribution in [0.5, 0.6) is 0 Å². The fourth-order valence-corrected chi connectivity index (χ4v) is 5.09. The molecule has 0 aliphatic rings. The Kier molecular flexibility index (Phi) is 3.65. The van der Waals surface area contributed by atoms with Crippen LogP contribution in [0, 0.1) is 0 Å². The van der Waals surface area contributed by atoms with Gasteiger partial charge in [0, 0.05) is 0 Å². The van der Waals surface area contributed by atoms with Crippen LogP contribution in [-0.2, 0) is 0 Å². The SMILES string of the molecule is c1ccc2cc3cc4cc5cc(-c6cccc7ccccc67)ccc5cc4cc3cc2c1. The molecule has 0 N–H and O–H groups in total. The van der Waals surface area contributed by atoms with E-state index >= 15 is 0 Å². The topological polar surface area (TPSA) is 0 Å². The first kappa shape index (κ1) is 17.5. The molecule has 0 bridgehead atoms. The van der Waals surface area contributed by atoms with Gasteiger partial charge in [0.05, 0.1) is 0 Å². The summed E-state index contributed by atoms with van der Waals surface area (Å²) in [6.07, 6.45) is 0. The Morgan fingerprint density at radius 1 is 0.281 bits per heavy atom. The molecule has 0 aliphatic heterocycles. The Morgan fingerprint density at radius 2 is 0.750 bits per heavy atom. The molecule has 0 saturated carbocycles. The summed E-state index contributed by atoms with van der Waals surface area (Å²) in [6.45, 7) is 0. The van der Waals surface area contributed by atoms with E-state index in [1.165, 1.54) is 65.0 Å². The summed E-state index contributed by atoms with van der Waals surface area (Å²) in [4.78, 5) is 0. The Labute approximate surface area is 186 Å². The van der Waals surface area contributed by atoms with Crippen LogP contribution in [0.2, 0.25) is 0 Å². The smallest absolute Gasteiger partial charge is 0.0105 e. The minimum Gasteiger partial charge on any atom is -0.0616 e. The van der Waals surface area contributed by atoms with Crippen molar-refractivity contribution in [3.05, 3.63) is 121 Å². The maximum atomic E-state index is 2.34. The van der Waals surface area contributed by atoms with E-state index in [2.05, 4.69) is 121 Å². The fourth-order valence-electron chi connectivity index (χ4n) is 5.09. The van der Waals surface area contributed by atoms with E-state index in [0.717, 1.165) is 0 Å². The van der Waals surface area contributed by atoms with Gasteiger partial charge in [0.25, 0.3) is 0 Å². The van der Waals surface area contributed by atoms with Crippen molar-refractivity contribution in [2.45, 2.75) is 0 Å². The summed E-state index contributed by atoms with van der Waals surface area (Å²) in [7, 11) is 0. The van der Waals surface area contributed by atoms with Crippen LogP contribution in [-0.4, -0.2) is 0 Å². The Morgan fingerprint density at radius 3 is 1.41 bits per heavy atom. The Bertz CT molecular complexity index is 1820.